The summed E-state index contributed by atoms with van der Waals surface area (Å²) in [7, 11) is 1.69. The molecule has 0 aromatic heterocycles. The largest absolute Gasteiger partial charge is 0.496 e. The zero-order valence-electron chi connectivity index (χ0n) is 13.0. The monoisotopic (exact) mass is 277 g/mol. The van der Waals surface area contributed by atoms with Crippen molar-refractivity contribution in [3.8, 4) is 5.75 Å². The number of ether oxygens (including phenoxy) is 1. The molecule has 0 spiro atoms. The Balaban J connectivity index is 2.51. The fourth-order valence-corrected chi connectivity index (χ4v) is 1.95. The van der Waals surface area contributed by atoms with Crippen LogP contribution in [0.3, 0.4) is 0 Å². The number of para-hydroxylation sites is 1. The highest BCUT2D eigenvalue weighted by Crippen LogP contribution is 2.26. The van der Waals surface area contributed by atoms with Crippen LogP contribution in [-0.2, 0) is 0 Å². The standard InChI is InChI=1S/C16H27N3O/c1-12(2)9-10-18-16(17)19-11-13(3)14-7-5-6-8-15(14)20-4/h5-8,12-13H,9-11H2,1-4H3,(H3,17,18,19). The Morgan fingerprint density at radius 3 is 2.65 bits per heavy atom. The van der Waals surface area contributed by atoms with E-state index in [2.05, 4.69) is 37.1 Å². The molecule has 4 nitrogen and oxygen atoms in total. The fourth-order valence-electron chi connectivity index (χ4n) is 1.95. The van der Waals surface area contributed by atoms with Gasteiger partial charge in [-0.25, -0.2) is 0 Å². The third kappa shape index (κ3) is 5.51. The number of benzene rings is 1. The van der Waals surface area contributed by atoms with Gasteiger partial charge in [-0.3, -0.25) is 4.99 Å². The first-order chi connectivity index (χ1) is 9.54. The summed E-state index contributed by atoms with van der Waals surface area (Å²) < 4.78 is 5.37. The lowest BCUT2D eigenvalue weighted by Gasteiger charge is -2.14. The number of hydrogen-bond acceptors (Lipinski definition) is 2. The van der Waals surface area contributed by atoms with Crippen molar-refractivity contribution in [2.75, 3.05) is 20.2 Å². The zero-order chi connectivity index (χ0) is 15.0. The van der Waals surface area contributed by atoms with Crippen LogP contribution in [0.1, 0.15) is 38.7 Å². The molecule has 1 aromatic carbocycles. The van der Waals surface area contributed by atoms with Gasteiger partial charge in [0.15, 0.2) is 5.96 Å². The highest BCUT2D eigenvalue weighted by molar-refractivity contribution is 5.77. The normalized spacial score (nSPS) is 13.3. The molecule has 0 amide bonds. The van der Waals surface area contributed by atoms with Gasteiger partial charge in [0.1, 0.15) is 5.75 Å². The van der Waals surface area contributed by atoms with E-state index < -0.39 is 0 Å². The van der Waals surface area contributed by atoms with E-state index in [4.69, 9.17) is 10.5 Å². The first-order valence-corrected chi connectivity index (χ1v) is 7.21. The minimum Gasteiger partial charge on any atom is -0.496 e. The summed E-state index contributed by atoms with van der Waals surface area (Å²) in [6.07, 6.45) is 1.10. The van der Waals surface area contributed by atoms with Crippen LogP contribution in [0, 0.1) is 5.92 Å². The number of nitrogens with two attached hydrogens (primary N) is 1. The molecule has 0 aliphatic heterocycles. The number of aliphatic imine (C=N–C) groups is 1. The van der Waals surface area contributed by atoms with Gasteiger partial charge in [-0.05, 0) is 24.0 Å². The van der Waals surface area contributed by atoms with E-state index in [1.165, 1.54) is 0 Å². The third-order valence-electron chi connectivity index (χ3n) is 3.23. The van der Waals surface area contributed by atoms with Crippen LogP contribution in [0.5, 0.6) is 5.75 Å². The van der Waals surface area contributed by atoms with Crippen LogP contribution in [-0.4, -0.2) is 26.2 Å². The highest BCUT2D eigenvalue weighted by Gasteiger charge is 2.10. The zero-order valence-corrected chi connectivity index (χ0v) is 13.0. The van der Waals surface area contributed by atoms with Crippen molar-refractivity contribution in [1.82, 2.24) is 5.32 Å². The van der Waals surface area contributed by atoms with Crippen LogP contribution in [0.4, 0.5) is 0 Å². The SMILES string of the molecule is COc1ccccc1C(C)CN=C(N)NCCC(C)C. The fraction of sp³-hybridized carbons (Fsp3) is 0.562. The van der Waals surface area contributed by atoms with Gasteiger partial charge < -0.3 is 15.8 Å². The summed E-state index contributed by atoms with van der Waals surface area (Å²) in [5.41, 5.74) is 7.03. The summed E-state index contributed by atoms with van der Waals surface area (Å²) in [5.74, 6) is 2.37. The second kappa shape index (κ2) is 8.46. The second-order valence-corrected chi connectivity index (χ2v) is 5.48. The quantitative estimate of drug-likeness (QED) is 0.595. The Kier molecular flexibility index (Phi) is 6.91. The smallest absolute Gasteiger partial charge is 0.188 e. The van der Waals surface area contributed by atoms with E-state index in [-0.39, 0.29) is 5.92 Å². The van der Waals surface area contributed by atoms with E-state index in [1.807, 2.05) is 18.2 Å². The Hall–Kier alpha value is -1.71. The molecule has 1 atom stereocenters. The molecule has 112 valence electrons. The second-order valence-electron chi connectivity index (χ2n) is 5.48. The van der Waals surface area contributed by atoms with Gasteiger partial charge in [0.05, 0.1) is 7.11 Å². The lowest BCUT2D eigenvalue weighted by atomic mass is 10.0. The number of guanidine groups is 1. The van der Waals surface area contributed by atoms with Crippen LogP contribution < -0.4 is 15.8 Å². The van der Waals surface area contributed by atoms with Crippen LogP contribution in [0.2, 0.25) is 0 Å². The Morgan fingerprint density at radius 2 is 2.00 bits per heavy atom. The van der Waals surface area contributed by atoms with Gasteiger partial charge in [0, 0.05) is 19.0 Å². The van der Waals surface area contributed by atoms with E-state index in [0.29, 0.717) is 18.4 Å². The summed E-state index contributed by atoms with van der Waals surface area (Å²) in [5, 5.41) is 3.15. The lowest BCUT2D eigenvalue weighted by molar-refractivity contribution is 0.407. The maximum atomic E-state index is 5.86. The summed E-state index contributed by atoms with van der Waals surface area (Å²) in [4.78, 5) is 4.40. The van der Waals surface area contributed by atoms with E-state index in [0.717, 1.165) is 24.3 Å². The van der Waals surface area contributed by atoms with E-state index >= 15 is 0 Å². The highest BCUT2D eigenvalue weighted by atomic mass is 16.5. The number of nitrogens with one attached hydrogen (secondary N) is 1. The Morgan fingerprint density at radius 1 is 1.30 bits per heavy atom. The van der Waals surface area contributed by atoms with Crippen LogP contribution in [0.15, 0.2) is 29.3 Å². The van der Waals surface area contributed by atoms with Crippen molar-refractivity contribution in [3.05, 3.63) is 29.8 Å². The molecular formula is C16H27N3O. The topological polar surface area (TPSA) is 59.6 Å². The van der Waals surface area contributed by atoms with Crippen molar-refractivity contribution in [2.45, 2.75) is 33.1 Å². The molecule has 0 radical (unpaired) electrons. The van der Waals surface area contributed by atoms with Gasteiger partial charge in [0.2, 0.25) is 0 Å². The van der Waals surface area contributed by atoms with Gasteiger partial charge in [-0.2, -0.15) is 0 Å². The molecule has 1 unspecified atom stereocenters. The molecule has 0 saturated carbocycles. The maximum absolute atomic E-state index is 5.86. The molecular weight excluding hydrogens is 250 g/mol. The van der Waals surface area contributed by atoms with Gasteiger partial charge in [-0.15, -0.1) is 0 Å². The summed E-state index contributed by atoms with van der Waals surface area (Å²) in [6, 6.07) is 8.03. The molecule has 0 saturated heterocycles. The van der Waals surface area contributed by atoms with Crippen LogP contribution >= 0.6 is 0 Å². The molecule has 0 bridgehead atoms. The number of methoxy groups -OCH3 is 1. The van der Waals surface area contributed by atoms with E-state index in [9.17, 15) is 0 Å². The third-order valence-corrected chi connectivity index (χ3v) is 3.23. The average molecular weight is 277 g/mol. The van der Waals surface area contributed by atoms with Gasteiger partial charge in [-0.1, -0.05) is 39.0 Å². The molecule has 20 heavy (non-hydrogen) atoms. The van der Waals surface area contributed by atoms with Gasteiger partial charge >= 0.3 is 0 Å². The molecule has 0 heterocycles. The lowest BCUT2D eigenvalue weighted by Crippen LogP contribution is -2.33. The number of rotatable bonds is 7. The molecule has 3 N–H and O–H groups in total. The van der Waals surface area contributed by atoms with E-state index in [1.54, 1.807) is 7.11 Å². The predicted molar refractivity (Wildman–Crippen MR) is 85.4 cm³/mol. The van der Waals surface area contributed by atoms with Crippen LogP contribution in [0.25, 0.3) is 0 Å². The molecule has 0 aliphatic carbocycles. The number of nitrogens with zero attached hydrogens (tertiary/aromatic N) is 1. The summed E-state index contributed by atoms with van der Waals surface area (Å²) >= 11 is 0. The molecule has 0 fully saturated rings. The molecule has 1 rings (SSSR count). The molecule has 4 heteroatoms. The minimum atomic E-state index is 0.275. The maximum Gasteiger partial charge on any atom is 0.188 e. The van der Waals surface area contributed by atoms with Crippen molar-refractivity contribution < 1.29 is 4.74 Å². The predicted octanol–water partition coefficient (Wildman–Crippen LogP) is 2.75. The van der Waals surface area contributed by atoms with Crippen molar-refractivity contribution in [2.24, 2.45) is 16.6 Å². The Bertz CT molecular complexity index is 429. The van der Waals surface area contributed by atoms with Crippen molar-refractivity contribution in [1.29, 1.82) is 0 Å². The minimum absolute atomic E-state index is 0.275. The first kappa shape index (κ1) is 16.3. The first-order valence-electron chi connectivity index (χ1n) is 7.21. The average Bonchev–Trinajstić information content (AvgIpc) is 2.44. The molecule has 0 aliphatic rings. The summed E-state index contributed by atoms with van der Waals surface area (Å²) in [6.45, 7) is 8.04. The van der Waals surface area contributed by atoms with Gasteiger partial charge in [0.25, 0.3) is 0 Å². The van der Waals surface area contributed by atoms with Crippen molar-refractivity contribution in [3.63, 3.8) is 0 Å². The Labute approximate surface area is 122 Å². The van der Waals surface area contributed by atoms with Crippen molar-refractivity contribution >= 4 is 5.96 Å². The number of hydrogen-bond donors (Lipinski definition) is 2. The molecule has 1 aromatic rings.